The summed E-state index contributed by atoms with van der Waals surface area (Å²) in [6, 6.07) is 4.05. The number of anilines is 1. The molecule has 2 bridgehead atoms. The molecule has 4 rings (SSSR count). The van der Waals surface area contributed by atoms with Gasteiger partial charge >= 0.3 is 0 Å². The van der Waals surface area contributed by atoms with Crippen LogP contribution in [0.1, 0.15) is 38.2 Å². The summed E-state index contributed by atoms with van der Waals surface area (Å²) in [6.45, 7) is 6.75. The van der Waals surface area contributed by atoms with Crippen LogP contribution in [0.3, 0.4) is 0 Å². The molecule has 40 heavy (non-hydrogen) atoms. The van der Waals surface area contributed by atoms with Gasteiger partial charge in [-0.1, -0.05) is 6.92 Å². The van der Waals surface area contributed by atoms with Gasteiger partial charge in [-0.25, -0.2) is 13.4 Å². The molecule has 0 spiro atoms. The van der Waals surface area contributed by atoms with Crippen molar-refractivity contribution in [2.45, 2.75) is 39.2 Å². The number of fused-ring (bicyclic) bond motifs is 5. The third kappa shape index (κ3) is 6.90. The monoisotopic (exact) mass is 577 g/mol. The van der Waals surface area contributed by atoms with E-state index in [0.29, 0.717) is 43.3 Å². The Kier molecular flexibility index (Phi) is 9.96. The van der Waals surface area contributed by atoms with Crippen molar-refractivity contribution < 1.29 is 27.4 Å². The molecule has 2 aromatic rings. The molecule has 0 radical (unpaired) electrons. The van der Waals surface area contributed by atoms with Gasteiger partial charge in [0, 0.05) is 49.7 Å². The van der Waals surface area contributed by atoms with E-state index in [1.54, 1.807) is 21.3 Å². The zero-order valence-corrected chi connectivity index (χ0v) is 25.2. The van der Waals surface area contributed by atoms with E-state index in [9.17, 15) is 13.2 Å². The van der Waals surface area contributed by atoms with Crippen molar-refractivity contribution >= 4 is 32.7 Å². The molecular weight excluding hydrogens is 534 g/mol. The minimum Gasteiger partial charge on any atom is -0.493 e. The van der Waals surface area contributed by atoms with Crippen LogP contribution in [0.25, 0.3) is 10.9 Å². The van der Waals surface area contributed by atoms with Crippen LogP contribution in [-0.4, -0.2) is 102 Å². The van der Waals surface area contributed by atoms with Gasteiger partial charge in [-0.2, -0.15) is 4.31 Å². The number of aromatic nitrogens is 1. The molecule has 2 aliphatic rings. The number of carbonyl (C=O) groups excluding carboxylic acids is 1. The molecule has 1 saturated heterocycles. The van der Waals surface area contributed by atoms with E-state index in [1.165, 1.54) is 10.6 Å². The quantitative estimate of drug-likeness (QED) is 0.573. The van der Waals surface area contributed by atoms with Crippen LogP contribution in [0.15, 0.2) is 12.1 Å². The summed E-state index contributed by atoms with van der Waals surface area (Å²) in [5.41, 5.74) is 1.86. The third-order valence-corrected chi connectivity index (χ3v) is 9.10. The molecule has 1 atom stereocenters. The number of methoxy groups -OCH3 is 3. The number of nitrogens with one attached hydrogen (secondary N) is 1. The highest BCUT2D eigenvalue weighted by atomic mass is 32.2. The summed E-state index contributed by atoms with van der Waals surface area (Å²) in [4.78, 5) is 22.6. The Bertz CT molecular complexity index is 1300. The minimum atomic E-state index is -3.48. The van der Waals surface area contributed by atoms with Gasteiger partial charge in [-0.15, -0.1) is 0 Å². The third-order valence-electron chi connectivity index (χ3n) is 7.85. The second-order valence-corrected chi connectivity index (χ2v) is 12.6. The molecule has 1 fully saturated rings. The molecular formula is C28H43N5O6S. The van der Waals surface area contributed by atoms with Gasteiger partial charge in [0.1, 0.15) is 5.82 Å². The van der Waals surface area contributed by atoms with E-state index in [2.05, 4.69) is 28.1 Å². The Morgan fingerprint density at radius 1 is 1.00 bits per heavy atom. The van der Waals surface area contributed by atoms with Crippen molar-refractivity contribution in [2.75, 3.05) is 78.3 Å². The lowest BCUT2D eigenvalue weighted by Crippen LogP contribution is -2.45. The zero-order valence-electron chi connectivity index (χ0n) is 24.4. The Morgan fingerprint density at radius 2 is 1.75 bits per heavy atom. The van der Waals surface area contributed by atoms with Crippen molar-refractivity contribution in [1.82, 2.24) is 19.5 Å². The average molecular weight is 578 g/mol. The number of piperidine rings is 1. The number of benzene rings is 1. The normalized spacial score (nSPS) is 20.6. The Balaban J connectivity index is 1.76. The number of rotatable bonds is 5. The number of sulfonamides is 1. The molecule has 1 aromatic carbocycles. The van der Waals surface area contributed by atoms with Crippen LogP contribution in [-0.2, 0) is 21.4 Å². The van der Waals surface area contributed by atoms with Gasteiger partial charge in [-0.05, 0) is 50.8 Å². The first-order valence-corrected chi connectivity index (χ1v) is 15.8. The van der Waals surface area contributed by atoms with E-state index in [0.717, 1.165) is 67.7 Å². The van der Waals surface area contributed by atoms with E-state index < -0.39 is 10.0 Å². The van der Waals surface area contributed by atoms with Gasteiger partial charge in [0.05, 0.1) is 39.6 Å². The predicted octanol–water partition coefficient (Wildman–Crippen LogP) is 2.47. The van der Waals surface area contributed by atoms with Crippen LogP contribution < -0.4 is 24.4 Å². The van der Waals surface area contributed by atoms with E-state index in [4.69, 9.17) is 19.2 Å². The van der Waals surface area contributed by atoms with Crippen molar-refractivity contribution in [3.8, 4) is 17.2 Å². The van der Waals surface area contributed by atoms with Crippen LogP contribution in [0.4, 0.5) is 5.82 Å². The summed E-state index contributed by atoms with van der Waals surface area (Å²) in [7, 11) is 1.34. The largest absolute Gasteiger partial charge is 0.493 e. The Labute approximate surface area is 237 Å². The fraction of sp³-hybridized carbons (Fsp3) is 0.643. The number of nitrogens with zero attached hydrogens (tertiary/aromatic N) is 4. The number of hydrogen-bond acceptors (Lipinski definition) is 9. The lowest BCUT2D eigenvalue weighted by Gasteiger charge is -2.36. The highest BCUT2D eigenvalue weighted by Crippen LogP contribution is 2.44. The number of amides is 1. The highest BCUT2D eigenvalue weighted by Gasteiger charge is 2.27. The van der Waals surface area contributed by atoms with Crippen molar-refractivity contribution in [3.63, 3.8) is 0 Å². The zero-order chi connectivity index (χ0) is 28.9. The SMILES string of the molecule is CCN1CCCCN(S(C)(=O)=O)CC(=O)NCC2CCCN(C2)c2nc3cc(OC)c(OC)c(OC)c3cc2C1. The molecule has 3 heterocycles. The van der Waals surface area contributed by atoms with Gasteiger partial charge in [0.15, 0.2) is 11.5 Å². The summed E-state index contributed by atoms with van der Waals surface area (Å²) in [6.07, 6.45) is 4.59. The first-order chi connectivity index (χ1) is 19.2. The summed E-state index contributed by atoms with van der Waals surface area (Å²) < 4.78 is 43.0. The van der Waals surface area contributed by atoms with E-state index >= 15 is 0 Å². The number of ether oxygens (including phenoxy) is 3. The van der Waals surface area contributed by atoms with Crippen molar-refractivity contribution in [2.24, 2.45) is 5.92 Å². The van der Waals surface area contributed by atoms with Crippen molar-refractivity contribution in [1.29, 1.82) is 0 Å². The Morgan fingerprint density at radius 3 is 2.42 bits per heavy atom. The second-order valence-electron chi connectivity index (χ2n) is 10.6. The molecule has 2 aliphatic heterocycles. The van der Waals surface area contributed by atoms with E-state index in [1.807, 2.05) is 6.07 Å². The van der Waals surface area contributed by atoms with Gasteiger partial charge in [-0.3, -0.25) is 9.69 Å². The molecule has 222 valence electrons. The predicted molar refractivity (Wildman–Crippen MR) is 156 cm³/mol. The molecule has 12 heteroatoms. The summed E-state index contributed by atoms with van der Waals surface area (Å²) >= 11 is 0. The van der Waals surface area contributed by atoms with Gasteiger partial charge in [0.2, 0.25) is 21.7 Å². The first-order valence-electron chi connectivity index (χ1n) is 14.0. The van der Waals surface area contributed by atoms with Gasteiger partial charge < -0.3 is 24.4 Å². The maximum Gasteiger partial charge on any atom is 0.235 e. The standard InChI is InChI=1S/C28H43N5O6S/c1-6-31-11-7-8-13-33(40(5,35)36)19-25(34)29-16-20-10-9-12-32(17-20)28-21(18-31)14-22-23(30-28)15-24(37-2)27(39-4)26(22)38-3/h14-15,20H,6-13,16-19H2,1-5H3,(H,29,34). The Hall–Kier alpha value is -2.83. The fourth-order valence-electron chi connectivity index (χ4n) is 5.69. The molecule has 0 aliphatic carbocycles. The number of carbonyl (C=O) groups is 1. The molecule has 1 N–H and O–H groups in total. The average Bonchev–Trinajstić information content (AvgIpc) is 2.94. The van der Waals surface area contributed by atoms with Crippen molar-refractivity contribution in [3.05, 3.63) is 17.7 Å². The number of pyridine rings is 1. The van der Waals surface area contributed by atoms with Gasteiger partial charge in [0.25, 0.3) is 0 Å². The smallest absolute Gasteiger partial charge is 0.235 e. The molecule has 1 amide bonds. The lowest BCUT2D eigenvalue weighted by molar-refractivity contribution is -0.121. The summed E-state index contributed by atoms with van der Waals surface area (Å²) in [5.74, 6) is 2.58. The number of hydrogen-bond donors (Lipinski definition) is 1. The van der Waals surface area contributed by atoms with Crippen LogP contribution >= 0.6 is 0 Å². The topological polar surface area (TPSA) is 114 Å². The van der Waals surface area contributed by atoms with E-state index in [-0.39, 0.29) is 18.4 Å². The fourth-order valence-corrected chi connectivity index (χ4v) is 6.50. The minimum absolute atomic E-state index is 0.143. The molecule has 1 aromatic heterocycles. The molecule has 0 saturated carbocycles. The van der Waals surface area contributed by atoms with Crippen LogP contribution in [0.2, 0.25) is 0 Å². The second kappa shape index (κ2) is 13.2. The summed E-state index contributed by atoms with van der Waals surface area (Å²) in [5, 5.41) is 3.84. The lowest BCUT2D eigenvalue weighted by atomic mass is 9.97. The molecule has 1 unspecified atom stereocenters. The highest BCUT2D eigenvalue weighted by molar-refractivity contribution is 7.88. The first kappa shape index (κ1) is 30.1. The van der Waals surface area contributed by atoms with Crippen LogP contribution in [0, 0.1) is 5.92 Å². The van der Waals surface area contributed by atoms with Crippen LogP contribution in [0.5, 0.6) is 17.2 Å². The maximum atomic E-state index is 12.7. The maximum absolute atomic E-state index is 12.7. The molecule has 11 nitrogen and oxygen atoms in total.